The summed E-state index contributed by atoms with van der Waals surface area (Å²) < 4.78 is 4.76. The molecule has 1 heterocycles. The van der Waals surface area contributed by atoms with Gasteiger partial charge in [-0.25, -0.2) is 0 Å². The average Bonchev–Trinajstić information content (AvgIpc) is 2.56. The predicted octanol–water partition coefficient (Wildman–Crippen LogP) is 0.537. The van der Waals surface area contributed by atoms with Crippen molar-refractivity contribution in [1.29, 1.82) is 5.26 Å². The Hall–Kier alpha value is -1.80. The maximum atomic E-state index is 10.4. The van der Waals surface area contributed by atoms with E-state index < -0.39 is 18.0 Å². The summed E-state index contributed by atoms with van der Waals surface area (Å²) in [5.74, 6) is -2.79. The minimum absolute atomic E-state index is 0.0777. The Bertz CT molecular complexity index is 324. The molecule has 1 aromatic rings. The quantitative estimate of drug-likeness (QED) is 0.709. The minimum Gasteiger partial charge on any atom is -0.480 e. The monoisotopic (exact) mass is 181 g/mol. The highest BCUT2D eigenvalue weighted by molar-refractivity contribution is 5.73. The number of hydrogen-bond donors (Lipinski definition) is 2. The van der Waals surface area contributed by atoms with Gasteiger partial charge in [-0.3, -0.25) is 4.79 Å². The zero-order valence-corrected chi connectivity index (χ0v) is 6.54. The number of carboxylic acid groups (broad SMARTS) is 1. The lowest BCUT2D eigenvalue weighted by atomic mass is 10.0. The van der Waals surface area contributed by atoms with Crippen molar-refractivity contribution < 1.29 is 19.4 Å². The van der Waals surface area contributed by atoms with Crippen molar-refractivity contribution in [2.75, 3.05) is 0 Å². The molecule has 1 rings (SSSR count). The molecule has 0 aliphatic rings. The molecule has 2 N–H and O–H groups in total. The summed E-state index contributed by atoms with van der Waals surface area (Å²) in [6.45, 7) is 0. The molecule has 0 bridgehead atoms. The molecule has 5 heteroatoms. The smallest absolute Gasteiger partial charge is 0.324 e. The van der Waals surface area contributed by atoms with Crippen molar-refractivity contribution >= 4 is 5.97 Å². The summed E-state index contributed by atoms with van der Waals surface area (Å²) in [5.41, 5.74) is 0. The molecule has 0 spiro atoms. The van der Waals surface area contributed by atoms with Crippen LogP contribution in [0.4, 0.5) is 0 Å². The highest BCUT2D eigenvalue weighted by Gasteiger charge is 2.29. The van der Waals surface area contributed by atoms with E-state index in [1.165, 1.54) is 24.5 Å². The molecule has 1 aromatic heterocycles. The van der Waals surface area contributed by atoms with Gasteiger partial charge in [0.25, 0.3) is 0 Å². The fourth-order valence-corrected chi connectivity index (χ4v) is 0.885. The molecule has 13 heavy (non-hydrogen) atoms. The molecule has 2 unspecified atom stereocenters. The topological polar surface area (TPSA) is 94.5 Å². The van der Waals surface area contributed by atoms with Crippen molar-refractivity contribution in [3.05, 3.63) is 24.2 Å². The van der Waals surface area contributed by atoms with Gasteiger partial charge in [0.15, 0.2) is 5.92 Å². The van der Waals surface area contributed by atoms with Gasteiger partial charge in [0.05, 0.1) is 12.3 Å². The van der Waals surface area contributed by atoms with Crippen LogP contribution >= 0.6 is 0 Å². The highest BCUT2D eigenvalue weighted by Crippen LogP contribution is 2.21. The summed E-state index contributed by atoms with van der Waals surface area (Å²) >= 11 is 0. The van der Waals surface area contributed by atoms with Crippen LogP contribution in [0.25, 0.3) is 0 Å². The van der Waals surface area contributed by atoms with E-state index in [0.717, 1.165) is 0 Å². The predicted molar refractivity (Wildman–Crippen MR) is 40.4 cm³/mol. The van der Waals surface area contributed by atoms with Crippen molar-refractivity contribution in [3.63, 3.8) is 0 Å². The molecule has 0 radical (unpaired) electrons. The molecule has 0 saturated heterocycles. The van der Waals surface area contributed by atoms with E-state index >= 15 is 0 Å². The number of hydrogen-bond acceptors (Lipinski definition) is 4. The molecular weight excluding hydrogens is 174 g/mol. The van der Waals surface area contributed by atoms with E-state index in [9.17, 15) is 9.90 Å². The third kappa shape index (κ3) is 1.86. The Balaban J connectivity index is 2.84. The zero-order valence-electron chi connectivity index (χ0n) is 6.54. The minimum atomic E-state index is -1.49. The molecule has 0 amide bonds. The first kappa shape index (κ1) is 9.29. The second-order valence-electron chi connectivity index (χ2n) is 2.41. The van der Waals surface area contributed by atoms with Gasteiger partial charge in [0, 0.05) is 0 Å². The van der Waals surface area contributed by atoms with E-state index in [-0.39, 0.29) is 5.76 Å². The van der Waals surface area contributed by atoms with Gasteiger partial charge in [0.1, 0.15) is 11.9 Å². The number of carboxylic acids is 1. The summed E-state index contributed by atoms with van der Waals surface area (Å²) in [7, 11) is 0. The van der Waals surface area contributed by atoms with E-state index in [2.05, 4.69) is 0 Å². The maximum Gasteiger partial charge on any atom is 0.324 e. The SMILES string of the molecule is N#CC(C(=O)O)C(O)c1ccco1. The van der Waals surface area contributed by atoms with Crippen LogP contribution in [0.5, 0.6) is 0 Å². The van der Waals surface area contributed by atoms with E-state index in [0.29, 0.717) is 0 Å². The van der Waals surface area contributed by atoms with Gasteiger partial charge in [-0.2, -0.15) is 5.26 Å². The van der Waals surface area contributed by atoms with Crippen LogP contribution in [-0.4, -0.2) is 16.2 Å². The number of rotatable bonds is 3. The van der Waals surface area contributed by atoms with Gasteiger partial charge in [-0.1, -0.05) is 0 Å². The average molecular weight is 181 g/mol. The number of nitriles is 1. The Morgan fingerprint density at radius 2 is 2.38 bits per heavy atom. The van der Waals surface area contributed by atoms with Crippen molar-refractivity contribution in [3.8, 4) is 6.07 Å². The van der Waals surface area contributed by atoms with Crippen LogP contribution in [-0.2, 0) is 4.79 Å². The lowest BCUT2D eigenvalue weighted by molar-refractivity contribution is -0.143. The molecular formula is C8H7NO4. The Morgan fingerprint density at radius 1 is 1.69 bits per heavy atom. The molecule has 0 aliphatic carbocycles. The number of aliphatic hydroxyl groups excluding tert-OH is 1. The fraction of sp³-hybridized carbons (Fsp3) is 0.250. The van der Waals surface area contributed by atoms with Gasteiger partial charge in [0.2, 0.25) is 0 Å². The third-order valence-corrected chi connectivity index (χ3v) is 1.56. The number of nitrogens with zero attached hydrogens (tertiary/aromatic N) is 1. The Kier molecular flexibility index (Phi) is 2.67. The summed E-state index contributed by atoms with van der Waals surface area (Å²) in [6.07, 6.45) is -0.119. The molecule has 2 atom stereocenters. The van der Waals surface area contributed by atoms with Gasteiger partial charge in [-0.15, -0.1) is 0 Å². The van der Waals surface area contributed by atoms with Crippen molar-refractivity contribution in [2.45, 2.75) is 6.10 Å². The van der Waals surface area contributed by atoms with Gasteiger partial charge < -0.3 is 14.6 Å². The molecule has 0 aliphatic heterocycles. The molecule has 5 nitrogen and oxygen atoms in total. The summed E-state index contributed by atoms with van der Waals surface area (Å²) in [5, 5.41) is 26.3. The van der Waals surface area contributed by atoms with Crippen molar-refractivity contribution in [1.82, 2.24) is 0 Å². The zero-order chi connectivity index (χ0) is 9.84. The lowest BCUT2D eigenvalue weighted by Crippen LogP contribution is -2.19. The normalized spacial score (nSPS) is 14.5. The van der Waals surface area contributed by atoms with Crippen LogP contribution in [0.1, 0.15) is 11.9 Å². The van der Waals surface area contributed by atoms with Crippen LogP contribution in [0.2, 0.25) is 0 Å². The maximum absolute atomic E-state index is 10.4. The first-order valence-corrected chi connectivity index (χ1v) is 3.50. The second kappa shape index (κ2) is 3.74. The van der Waals surface area contributed by atoms with Gasteiger partial charge >= 0.3 is 5.97 Å². The molecule has 0 saturated carbocycles. The highest BCUT2D eigenvalue weighted by atomic mass is 16.4. The van der Waals surface area contributed by atoms with E-state index in [1.807, 2.05) is 0 Å². The Labute approximate surface area is 73.8 Å². The number of carbonyl (C=O) groups is 1. The van der Waals surface area contributed by atoms with Crippen LogP contribution < -0.4 is 0 Å². The van der Waals surface area contributed by atoms with Crippen LogP contribution in [0, 0.1) is 17.2 Å². The largest absolute Gasteiger partial charge is 0.480 e. The summed E-state index contributed by atoms with van der Waals surface area (Å²) in [6, 6.07) is 4.40. The molecule has 0 aromatic carbocycles. The van der Waals surface area contributed by atoms with E-state index in [1.54, 1.807) is 0 Å². The number of aliphatic hydroxyl groups is 1. The third-order valence-electron chi connectivity index (χ3n) is 1.56. The van der Waals surface area contributed by atoms with E-state index in [4.69, 9.17) is 14.8 Å². The summed E-state index contributed by atoms with van der Waals surface area (Å²) in [4.78, 5) is 10.4. The van der Waals surface area contributed by atoms with Crippen LogP contribution in [0.15, 0.2) is 22.8 Å². The van der Waals surface area contributed by atoms with Gasteiger partial charge in [-0.05, 0) is 12.1 Å². The number of aliphatic carboxylic acids is 1. The Morgan fingerprint density at radius 3 is 2.77 bits per heavy atom. The first-order chi connectivity index (χ1) is 6.16. The number of furan rings is 1. The van der Waals surface area contributed by atoms with Crippen LogP contribution in [0.3, 0.4) is 0 Å². The second-order valence-corrected chi connectivity index (χ2v) is 2.41. The standard InChI is InChI=1S/C8H7NO4/c9-4-5(8(11)12)7(10)6-2-1-3-13-6/h1-3,5,7,10H,(H,11,12). The fourth-order valence-electron chi connectivity index (χ4n) is 0.885. The first-order valence-electron chi connectivity index (χ1n) is 3.50. The molecule has 0 fully saturated rings. The molecule has 68 valence electrons. The lowest BCUT2D eigenvalue weighted by Gasteiger charge is -2.08. The van der Waals surface area contributed by atoms with Crippen molar-refractivity contribution in [2.24, 2.45) is 5.92 Å².